The lowest BCUT2D eigenvalue weighted by molar-refractivity contribution is -0.125. The van der Waals surface area contributed by atoms with Gasteiger partial charge in [0.15, 0.2) is 0 Å². The van der Waals surface area contributed by atoms with Crippen molar-refractivity contribution in [2.75, 3.05) is 6.54 Å². The van der Waals surface area contributed by atoms with Crippen LogP contribution in [0.5, 0.6) is 0 Å². The second-order valence-electron chi connectivity index (χ2n) is 5.07. The quantitative estimate of drug-likeness (QED) is 0.854. The normalized spacial score (nSPS) is 25.4. The van der Waals surface area contributed by atoms with Crippen molar-refractivity contribution in [2.45, 2.75) is 38.8 Å². The van der Waals surface area contributed by atoms with Crippen molar-refractivity contribution in [1.29, 1.82) is 0 Å². The molecule has 2 rings (SSSR count). The maximum absolute atomic E-state index is 12.2. The van der Waals surface area contributed by atoms with E-state index in [1.807, 2.05) is 19.1 Å². The zero-order valence-corrected chi connectivity index (χ0v) is 11.0. The summed E-state index contributed by atoms with van der Waals surface area (Å²) in [6.45, 7) is 5.05. The van der Waals surface area contributed by atoms with Gasteiger partial charge < -0.3 is 10.6 Å². The van der Waals surface area contributed by atoms with E-state index in [1.54, 1.807) is 12.4 Å². The molecule has 2 N–H and O–H groups in total. The number of amides is 1. The third-order valence-corrected chi connectivity index (χ3v) is 3.60. The predicted octanol–water partition coefficient (Wildman–Crippen LogP) is 1.65. The van der Waals surface area contributed by atoms with Crippen molar-refractivity contribution in [2.24, 2.45) is 5.92 Å². The lowest BCUT2D eigenvalue weighted by Gasteiger charge is -2.30. The Balaban J connectivity index is 1.94. The molecular formula is C14H21N3O. The molecule has 0 saturated carbocycles. The number of rotatable bonds is 3. The standard InChI is InChI=1S/C14H21N3O/c1-10-5-3-8-16-13(10)14(18)17-11(2)12-6-4-7-15-9-12/h4,6-7,9-11,13,16H,3,5,8H2,1-2H3,(H,17,18)/t10?,11-,13?/m0/s1. The Bertz CT molecular complexity index is 393. The lowest BCUT2D eigenvalue weighted by atomic mass is 9.92. The van der Waals surface area contributed by atoms with Gasteiger partial charge in [0.05, 0.1) is 12.1 Å². The number of pyridine rings is 1. The summed E-state index contributed by atoms with van der Waals surface area (Å²) in [4.78, 5) is 16.3. The van der Waals surface area contributed by atoms with Gasteiger partial charge in [-0.15, -0.1) is 0 Å². The number of hydrogen-bond acceptors (Lipinski definition) is 3. The molecule has 98 valence electrons. The summed E-state index contributed by atoms with van der Waals surface area (Å²) in [5.41, 5.74) is 1.04. The molecule has 2 heterocycles. The third-order valence-electron chi connectivity index (χ3n) is 3.60. The first kappa shape index (κ1) is 13.0. The highest BCUT2D eigenvalue weighted by molar-refractivity contribution is 5.82. The molecule has 0 bridgehead atoms. The molecule has 3 atom stereocenters. The minimum atomic E-state index is -0.0575. The Morgan fingerprint density at radius 1 is 1.61 bits per heavy atom. The van der Waals surface area contributed by atoms with Crippen LogP contribution >= 0.6 is 0 Å². The van der Waals surface area contributed by atoms with E-state index in [0.717, 1.165) is 24.9 Å². The maximum atomic E-state index is 12.2. The zero-order chi connectivity index (χ0) is 13.0. The van der Waals surface area contributed by atoms with Crippen LogP contribution < -0.4 is 10.6 Å². The molecule has 1 amide bonds. The molecule has 1 aromatic rings. The van der Waals surface area contributed by atoms with Crippen LogP contribution in [0.4, 0.5) is 0 Å². The van der Waals surface area contributed by atoms with E-state index in [-0.39, 0.29) is 18.0 Å². The zero-order valence-electron chi connectivity index (χ0n) is 11.0. The first-order chi connectivity index (χ1) is 8.68. The van der Waals surface area contributed by atoms with Crippen LogP contribution in [0.3, 0.4) is 0 Å². The molecule has 0 aromatic carbocycles. The van der Waals surface area contributed by atoms with Crippen molar-refractivity contribution < 1.29 is 4.79 Å². The largest absolute Gasteiger partial charge is 0.348 e. The molecule has 1 aromatic heterocycles. The average Bonchev–Trinajstić information content (AvgIpc) is 2.40. The number of nitrogens with one attached hydrogen (secondary N) is 2. The van der Waals surface area contributed by atoms with Gasteiger partial charge in [0.1, 0.15) is 0 Å². The Hall–Kier alpha value is -1.42. The number of carbonyl (C=O) groups is 1. The first-order valence-corrected chi connectivity index (χ1v) is 6.62. The summed E-state index contributed by atoms with van der Waals surface area (Å²) in [5.74, 6) is 0.499. The van der Waals surface area contributed by atoms with Crippen LogP contribution in [-0.4, -0.2) is 23.5 Å². The maximum Gasteiger partial charge on any atom is 0.237 e. The summed E-state index contributed by atoms with van der Waals surface area (Å²) < 4.78 is 0. The highest BCUT2D eigenvalue weighted by atomic mass is 16.2. The smallest absolute Gasteiger partial charge is 0.237 e. The molecule has 1 fully saturated rings. The fraction of sp³-hybridized carbons (Fsp3) is 0.571. The van der Waals surface area contributed by atoms with E-state index in [0.29, 0.717) is 5.92 Å². The van der Waals surface area contributed by atoms with Crippen LogP contribution in [0.25, 0.3) is 0 Å². The molecule has 0 radical (unpaired) electrons. The van der Waals surface area contributed by atoms with Gasteiger partial charge in [0.2, 0.25) is 5.91 Å². The molecule has 4 heteroatoms. The van der Waals surface area contributed by atoms with Gasteiger partial charge in [-0.1, -0.05) is 13.0 Å². The number of piperidine rings is 1. The van der Waals surface area contributed by atoms with E-state index in [9.17, 15) is 4.79 Å². The highest BCUT2D eigenvalue weighted by Crippen LogP contribution is 2.17. The summed E-state index contributed by atoms with van der Waals surface area (Å²) >= 11 is 0. The second-order valence-corrected chi connectivity index (χ2v) is 5.07. The van der Waals surface area contributed by atoms with Crippen LogP contribution in [0.15, 0.2) is 24.5 Å². The third kappa shape index (κ3) is 3.07. The van der Waals surface area contributed by atoms with Gasteiger partial charge in [0.25, 0.3) is 0 Å². The highest BCUT2D eigenvalue weighted by Gasteiger charge is 2.28. The molecule has 0 spiro atoms. The Labute approximate surface area is 108 Å². The predicted molar refractivity (Wildman–Crippen MR) is 71.0 cm³/mol. The van der Waals surface area contributed by atoms with E-state index in [1.165, 1.54) is 0 Å². The fourth-order valence-electron chi connectivity index (χ4n) is 2.42. The van der Waals surface area contributed by atoms with Gasteiger partial charge in [-0.3, -0.25) is 9.78 Å². The Morgan fingerprint density at radius 2 is 2.44 bits per heavy atom. The van der Waals surface area contributed by atoms with Crippen molar-refractivity contribution in [3.63, 3.8) is 0 Å². The second kappa shape index (κ2) is 5.96. The molecule has 4 nitrogen and oxygen atoms in total. The number of nitrogens with zero attached hydrogens (tertiary/aromatic N) is 1. The minimum Gasteiger partial charge on any atom is -0.348 e. The molecule has 1 saturated heterocycles. The van der Waals surface area contributed by atoms with Crippen LogP contribution in [-0.2, 0) is 4.79 Å². The van der Waals surface area contributed by atoms with Crippen molar-refractivity contribution >= 4 is 5.91 Å². The van der Waals surface area contributed by atoms with Crippen molar-refractivity contribution in [3.05, 3.63) is 30.1 Å². The van der Waals surface area contributed by atoms with E-state index >= 15 is 0 Å². The number of carbonyl (C=O) groups excluding carboxylic acids is 1. The van der Waals surface area contributed by atoms with Crippen molar-refractivity contribution in [1.82, 2.24) is 15.6 Å². The topological polar surface area (TPSA) is 54.0 Å². The summed E-state index contributed by atoms with van der Waals surface area (Å²) in [7, 11) is 0. The van der Waals surface area contributed by atoms with Gasteiger partial charge in [-0.25, -0.2) is 0 Å². The van der Waals surface area contributed by atoms with Crippen LogP contribution in [0.1, 0.15) is 38.3 Å². The number of aromatic nitrogens is 1. The summed E-state index contributed by atoms with van der Waals surface area (Å²) in [5, 5.41) is 6.35. The minimum absolute atomic E-state index is 0.00197. The fourth-order valence-corrected chi connectivity index (χ4v) is 2.42. The molecule has 1 aliphatic rings. The summed E-state index contributed by atoms with van der Waals surface area (Å²) in [6, 6.07) is 3.81. The van der Waals surface area contributed by atoms with Crippen molar-refractivity contribution in [3.8, 4) is 0 Å². The Kier molecular flexibility index (Phi) is 4.31. The monoisotopic (exact) mass is 247 g/mol. The SMILES string of the molecule is CC1CCCNC1C(=O)N[C@@H](C)c1cccnc1. The van der Waals surface area contributed by atoms with E-state index in [2.05, 4.69) is 22.5 Å². The molecule has 2 unspecified atom stereocenters. The van der Waals surface area contributed by atoms with Gasteiger partial charge in [-0.05, 0) is 43.9 Å². The van der Waals surface area contributed by atoms with Gasteiger partial charge in [0, 0.05) is 12.4 Å². The van der Waals surface area contributed by atoms with Gasteiger partial charge >= 0.3 is 0 Å². The lowest BCUT2D eigenvalue weighted by Crippen LogP contribution is -2.51. The average molecular weight is 247 g/mol. The molecule has 18 heavy (non-hydrogen) atoms. The summed E-state index contributed by atoms with van der Waals surface area (Å²) in [6.07, 6.45) is 5.81. The van der Waals surface area contributed by atoms with Crippen LogP contribution in [0, 0.1) is 5.92 Å². The van der Waals surface area contributed by atoms with Gasteiger partial charge in [-0.2, -0.15) is 0 Å². The molecular weight excluding hydrogens is 226 g/mol. The molecule has 0 aliphatic carbocycles. The Morgan fingerprint density at radius 3 is 3.11 bits per heavy atom. The number of hydrogen-bond donors (Lipinski definition) is 2. The molecule has 1 aliphatic heterocycles. The van der Waals surface area contributed by atoms with E-state index in [4.69, 9.17) is 0 Å². The first-order valence-electron chi connectivity index (χ1n) is 6.62. The van der Waals surface area contributed by atoms with E-state index < -0.39 is 0 Å². The van der Waals surface area contributed by atoms with Crippen LogP contribution in [0.2, 0.25) is 0 Å².